The maximum atomic E-state index is 12.1. The van der Waals surface area contributed by atoms with Crippen LogP contribution in [0.3, 0.4) is 0 Å². The highest BCUT2D eigenvalue weighted by Gasteiger charge is 2.45. The molecule has 126 valence electrons. The number of nitrogens with two attached hydrogens (primary N) is 1. The highest BCUT2D eigenvalue weighted by molar-refractivity contribution is 8.01. The maximum absolute atomic E-state index is 12.1. The first kappa shape index (κ1) is 17.6. The zero-order chi connectivity index (χ0) is 17.2. The molecule has 7 nitrogen and oxygen atoms in total. The van der Waals surface area contributed by atoms with E-state index < -0.39 is 22.8 Å². The molecular formula is C15H21N3O4S. The molecule has 8 heteroatoms. The van der Waals surface area contributed by atoms with Gasteiger partial charge in [-0.25, -0.2) is 0 Å². The first-order chi connectivity index (χ1) is 10.7. The minimum Gasteiger partial charge on any atom is -0.508 e. The summed E-state index contributed by atoms with van der Waals surface area (Å²) < 4.78 is -0.458. The molecule has 0 unspecified atom stereocenters. The molecule has 1 heterocycles. The minimum atomic E-state index is -0.905. The lowest BCUT2D eigenvalue weighted by atomic mass is 10.0. The van der Waals surface area contributed by atoms with Gasteiger partial charge in [0, 0.05) is 11.3 Å². The van der Waals surface area contributed by atoms with Crippen molar-refractivity contribution in [3.8, 4) is 5.75 Å². The molecule has 0 radical (unpaired) electrons. The summed E-state index contributed by atoms with van der Waals surface area (Å²) in [5.41, 5.74) is 6.48. The third-order valence-electron chi connectivity index (χ3n) is 3.74. The van der Waals surface area contributed by atoms with Crippen LogP contribution >= 0.6 is 11.8 Å². The molecule has 1 aliphatic rings. The van der Waals surface area contributed by atoms with Crippen molar-refractivity contribution in [2.75, 3.05) is 6.54 Å². The molecule has 2 rings (SSSR count). The van der Waals surface area contributed by atoms with Gasteiger partial charge >= 0.3 is 5.97 Å². The van der Waals surface area contributed by atoms with E-state index in [1.807, 2.05) is 13.8 Å². The van der Waals surface area contributed by atoms with Crippen molar-refractivity contribution in [2.24, 2.45) is 5.73 Å². The number of benzene rings is 1. The van der Waals surface area contributed by atoms with Crippen molar-refractivity contribution < 1.29 is 19.8 Å². The van der Waals surface area contributed by atoms with Gasteiger partial charge in [0.2, 0.25) is 5.91 Å². The van der Waals surface area contributed by atoms with Gasteiger partial charge < -0.3 is 21.3 Å². The van der Waals surface area contributed by atoms with Gasteiger partial charge in [0.25, 0.3) is 0 Å². The highest BCUT2D eigenvalue weighted by Crippen LogP contribution is 2.37. The first-order valence-corrected chi connectivity index (χ1v) is 8.07. The monoisotopic (exact) mass is 339 g/mol. The standard InChI is InChI=1S/C15H21N3O4S/c1-15(2)12(14(21)22)18-10(23-15)7-17-13(20)11(16)8-3-5-9(19)6-4-8/h3-6,10-12,18-19H,7,16H2,1-2H3,(H,17,20)(H,21,22)/t10-,11+,12-/m0/s1. The number of aromatic hydroxyl groups is 1. The normalized spacial score (nSPS) is 24.1. The van der Waals surface area contributed by atoms with Crippen LogP contribution in [0.5, 0.6) is 5.75 Å². The SMILES string of the molecule is CC1(C)S[C@@H](CNC(=O)[C@H](N)c2ccc(O)cc2)N[C@H]1C(=O)O. The smallest absolute Gasteiger partial charge is 0.322 e. The molecule has 3 atom stereocenters. The van der Waals surface area contributed by atoms with Crippen LogP contribution in [0.4, 0.5) is 0 Å². The summed E-state index contributed by atoms with van der Waals surface area (Å²) in [6.45, 7) is 3.99. The molecule has 1 aromatic rings. The minimum absolute atomic E-state index is 0.106. The third kappa shape index (κ3) is 4.15. The summed E-state index contributed by atoms with van der Waals surface area (Å²) in [5.74, 6) is -1.15. The average molecular weight is 339 g/mol. The van der Waals surface area contributed by atoms with Crippen molar-refractivity contribution in [3.63, 3.8) is 0 Å². The van der Waals surface area contributed by atoms with Crippen molar-refractivity contribution >= 4 is 23.6 Å². The summed E-state index contributed by atoms with van der Waals surface area (Å²) in [5, 5.41) is 24.0. The van der Waals surface area contributed by atoms with Crippen LogP contribution in [0.15, 0.2) is 24.3 Å². The Labute approximate surface area is 138 Å². The van der Waals surface area contributed by atoms with Gasteiger partial charge in [-0.3, -0.25) is 14.9 Å². The fourth-order valence-electron chi connectivity index (χ4n) is 2.46. The van der Waals surface area contributed by atoms with Crippen molar-refractivity contribution in [2.45, 2.75) is 36.1 Å². The Bertz CT molecular complexity index is 591. The van der Waals surface area contributed by atoms with Crippen molar-refractivity contribution in [1.82, 2.24) is 10.6 Å². The molecule has 0 spiro atoms. The molecule has 6 N–H and O–H groups in total. The van der Waals surface area contributed by atoms with Crippen molar-refractivity contribution in [1.29, 1.82) is 0 Å². The number of rotatable bonds is 5. The topological polar surface area (TPSA) is 125 Å². The fourth-order valence-corrected chi connectivity index (χ4v) is 3.87. The number of nitrogens with one attached hydrogen (secondary N) is 2. The Balaban J connectivity index is 1.90. The molecule has 1 amide bonds. The summed E-state index contributed by atoms with van der Waals surface area (Å²) in [4.78, 5) is 23.3. The number of carboxylic acid groups (broad SMARTS) is 1. The van der Waals surface area contributed by atoms with E-state index >= 15 is 0 Å². The first-order valence-electron chi connectivity index (χ1n) is 7.19. The van der Waals surface area contributed by atoms with E-state index in [-0.39, 0.29) is 23.6 Å². The number of phenols is 1. The maximum Gasteiger partial charge on any atom is 0.322 e. The van der Waals surface area contributed by atoms with Gasteiger partial charge in [0.15, 0.2) is 0 Å². The van der Waals surface area contributed by atoms with E-state index in [4.69, 9.17) is 5.73 Å². The predicted octanol–water partition coefficient (Wildman–Crippen LogP) is 0.403. The number of carbonyl (C=O) groups is 2. The largest absolute Gasteiger partial charge is 0.508 e. The second-order valence-electron chi connectivity index (χ2n) is 5.96. The summed E-state index contributed by atoms with van der Waals surface area (Å²) in [7, 11) is 0. The number of thioether (sulfide) groups is 1. The van der Waals surface area contributed by atoms with Crippen molar-refractivity contribution in [3.05, 3.63) is 29.8 Å². The number of phenolic OH excluding ortho intramolecular Hbond substituents is 1. The molecule has 1 aliphatic heterocycles. The predicted molar refractivity (Wildman–Crippen MR) is 88.1 cm³/mol. The lowest BCUT2D eigenvalue weighted by Crippen LogP contribution is -2.47. The zero-order valence-electron chi connectivity index (χ0n) is 12.9. The molecule has 0 aromatic heterocycles. The van der Waals surface area contributed by atoms with Crippen LogP contribution in [0, 0.1) is 0 Å². The molecule has 0 saturated carbocycles. The number of hydrogen-bond donors (Lipinski definition) is 5. The van der Waals surface area contributed by atoms with E-state index in [1.54, 1.807) is 12.1 Å². The third-order valence-corrected chi connectivity index (χ3v) is 5.17. The van der Waals surface area contributed by atoms with E-state index in [1.165, 1.54) is 23.9 Å². The molecule has 0 bridgehead atoms. The molecule has 1 fully saturated rings. The number of hydrogen-bond acceptors (Lipinski definition) is 6. The molecule has 23 heavy (non-hydrogen) atoms. The summed E-state index contributed by atoms with van der Waals surface area (Å²) in [6.07, 6.45) is 0. The zero-order valence-corrected chi connectivity index (χ0v) is 13.8. The van der Waals surface area contributed by atoms with Gasteiger partial charge in [-0.2, -0.15) is 0 Å². The lowest BCUT2D eigenvalue weighted by molar-refractivity contribution is -0.139. The quantitative estimate of drug-likeness (QED) is 0.526. The van der Waals surface area contributed by atoms with Gasteiger partial charge in [0.1, 0.15) is 17.8 Å². The summed E-state index contributed by atoms with van der Waals surface area (Å²) in [6, 6.07) is 4.61. The number of aliphatic carboxylic acids is 1. The highest BCUT2D eigenvalue weighted by atomic mass is 32.2. The average Bonchev–Trinajstić information content (AvgIpc) is 2.80. The Morgan fingerprint density at radius 1 is 1.39 bits per heavy atom. The van der Waals surface area contributed by atoms with E-state index in [2.05, 4.69) is 10.6 Å². The second kappa shape index (κ2) is 6.77. The van der Waals surface area contributed by atoms with Crippen LogP contribution in [-0.4, -0.2) is 44.8 Å². The van der Waals surface area contributed by atoms with E-state index in [0.29, 0.717) is 5.56 Å². The van der Waals surface area contributed by atoms with Crippen LogP contribution in [0.2, 0.25) is 0 Å². The van der Waals surface area contributed by atoms with Gasteiger partial charge in [-0.05, 0) is 31.5 Å². The number of carbonyl (C=O) groups excluding carboxylic acids is 1. The molecular weight excluding hydrogens is 318 g/mol. The van der Waals surface area contributed by atoms with E-state index in [0.717, 1.165) is 0 Å². The number of amides is 1. The van der Waals surface area contributed by atoms with Gasteiger partial charge in [-0.1, -0.05) is 12.1 Å². The fraction of sp³-hybridized carbons (Fsp3) is 0.467. The van der Waals surface area contributed by atoms with Crippen LogP contribution in [0.25, 0.3) is 0 Å². The Kier molecular flexibility index (Phi) is 5.18. The van der Waals surface area contributed by atoms with Crippen LogP contribution < -0.4 is 16.4 Å². The van der Waals surface area contributed by atoms with Gasteiger partial charge in [-0.15, -0.1) is 11.8 Å². The Morgan fingerprint density at radius 3 is 2.52 bits per heavy atom. The summed E-state index contributed by atoms with van der Waals surface area (Å²) >= 11 is 1.48. The molecule has 1 aromatic carbocycles. The second-order valence-corrected chi connectivity index (χ2v) is 7.82. The lowest BCUT2D eigenvalue weighted by Gasteiger charge is -2.20. The van der Waals surface area contributed by atoms with E-state index in [9.17, 15) is 19.8 Å². The Morgan fingerprint density at radius 2 is 2.00 bits per heavy atom. The molecule has 1 saturated heterocycles. The number of carboxylic acids is 1. The van der Waals surface area contributed by atoms with Gasteiger partial charge in [0.05, 0.1) is 5.37 Å². The molecule has 0 aliphatic carbocycles. The Hall–Kier alpha value is -1.77. The van der Waals surface area contributed by atoms with Crippen LogP contribution in [0.1, 0.15) is 25.5 Å². The van der Waals surface area contributed by atoms with Crippen LogP contribution in [-0.2, 0) is 9.59 Å².